The lowest BCUT2D eigenvalue weighted by atomic mass is 9.88. The lowest BCUT2D eigenvalue weighted by Gasteiger charge is -2.21. The van der Waals surface area contributed by atoms with Crippen molar-refractivity contribution in [1.82, 2.24) is 0 Å². The molecule has 3 aromatic carbocycles. The number of carbonyl (C=O) groups excluding carboxylic acids is 2. The zero-order valence-electron chi connectivity index (χ0n) is 19.2. The standard InChI is InChI=1S/C26H24O7/c1-13-8-16-17(9-14(13)2)23(32-25(28)33-26(3,4)5)18-11-29-24(27)22(18)21(16)15-6-7-19-20(10-15)31-12-30-19/h6-10H,11-12H2,1-5H3. The Balaban J connectivity index is 1.79. The number of carbonyl (C=O) groups is 2. The number of aryl methyl sites for hydroxylation is 2. The molecule has 0 amide bonds. The van der Waals surface area contributed by atoms with Crippen molar-refractivity contribution in [3.05, 3.63) is 52.6 Å². The molecule has 0 saturated heterocycles. The van der Waals surface area contributed by atoms with Crippen molar-refractivity contribution in [3.63, 3.8) is 0 Å². The molecule has 33 heavy (non-hydrogen) atoms. The zero-order chi connectivity index (χ0) is 23.5. The Morgan fingerprint density at radius 1 is 0.909 bits per heavy atom. The summed E-state index contributed by atoms with van der Waals surface area (Å²) < 4.78 is 27.5. The third kappa shape index (κ3) is 3.63. The van der Waals surface area contributed by atoms with E-state index in [4.69, 9.17) is 23.7 Å². The smallest absolute Gasteiger partial charge is 0.457 e. The van der Waals surface area contributed by atoms with E-state index in [9.17, 15) is 9.59 Å². The highest BCUT2D eigenvalue weighted by atomic mass is 16.7. The lowest BCUT2D eigenvalue weighted by molar-refractivity contribution is 0.0206. The molecule has 0 bridgehead atoms. The molecule has 0 saturated carbocycles. The molecule has 7 nitrogen and oxygen atoms in total. The van der Waals surface area contributed by atoms with Gasteiger partial charge in [0.1, 0.15) is 18.0 Å². The van der Waals surface area contributed by atoms with Crippen molar-refractivity contribution in [2.45, 2.75) is 46.8 Å². The largest absolute Gasteiger partial charge is 0.514 e. The first-order chi connectivity index (χ1) is 15.6. The minimum absolute atomic E-state index is 0.00666. The molecule has 0 radical (unpaired) electrons. The molecule has 0 fully saturated rings. The average Bonchev–Trinajstić information content (AvgIpc) is 3.34. The molecule has 5 rings (SSSR count). The first-order valence-corrected chi connectivity index (χ1v) is 10.7. The third-order valence-corrected chi connectivity index (χ3v) is 5.76. The predicted molar refractivity (Wildman–Crippen MR) is 121 cm³/mol. The average molecular weight is 448 g/mol. The van der Waals surface area contributed by atoms with E-state index in [1.165, 1.54) is 0 Å². The van der Waals surface area contributed by atoms with Crippen molar-refractivity contribution in [2.24, 2.45) is 0 Å². The van der Waals surface area contributed by atoms with Crippen LogP contribution in [0.15, 0.2) is 30.3 Å². The van der Waals surface area contributed by atoms with Crippen LogP contribution < -0.4 is 14.2 Å². The summed E-state index contributed by atoms with van der Waals surface area (Å²) in [6.45, 7) is 9.44. The molecule has 0 spiro atoms. The van der Waals surface area contributed by atoms with Crippen LogP contribution in [0.3, 0.4) is 0 Å². The van der Waals surface area contributed by atoms with Crippen LogP contribution in [0.1, 0.15) is 47.8 Å². The Morgan fingerprint density at radius 3 is 2.33 bits per heavy atom. The van der Waals surface area contributed by atoms with Gasteiger partial charge >= 0.3 is 12.1 Å². The second-order valence-corrected chi connectivity index (χ2v) is 9.25. The van der Waals surface area contributed by atoms with E-state index >= 15 is 0 Å². The van der Waals surface area contributed by atoms with Gasteiger partial charge in [-0.15, -0.1) is 0 Å². The minimum Gasteiger partial charge on any atom is -0.457 e. The molecule has 0 unspecified atom stereocenters. The maximum atomic E-state index is 12.9. The molecule has 2 aliphatic heterocycles. The van der Waals surface area contributed by atoms with Gasteiger partial charge in [0, 0.05) is 16.5 Å². The molecule has 0 atom stereocenters. The Hall–Kier alpha value is -3.74. The Bertz CT molecular complexity index is 1330. The lowest BCUT2D eigenvalue weighted by Crippen LogP contribution is -2.26. The van der Waals surface area contributed by atoms with Gasteiger partial charge in [0.2, 0.25) is 6.79 Å². The van der Waals surface area contributed by atoms with Gasteiger partial charge in [-0.2, -0.15) is 0 Å². The Kier molecular flexibility index (Phi) is 4.74. The molecule has 0 aromatic heterocycles. The molecule has 7 heteroatoms. The highest BCUT2D eigenvalue weighted by Crippen LogP contribution is 2.47. The Morgan fingerprint density at radius 2 is 1.61 bits per heavy atom. The fraction of sp³-hybridized carbons (Fsp3) is 0.308. The van der Waals surface area contributed by atoms with Gasteiger partial charge < -0.3 is 23.7 Å². The summed E-state index contributed by atoms with van der Waals surface area (Å²) in [6.07, 6.45) is -0.834. The van der Waals surface area contributed by atoms with Crippen LogP contribution in [0.5, 0.6) is 17.2 Å². The maximum Gasteiger partial charge on any atom is 0.514 e. The van der Waals surface area contributed by atoms with Crippen molar-refractivity contribution in [3.8, 4) is 28.4 Å². The number of ether oxygens (including phenoxy) is 5. The minimum atomic E-state index is -0.834. The zero-order valence-corrected chi connectivity index (χ0v) is 19.2. The number of hydrogen-bond acceptors (Lipinski definition) is 7. The van der Waals surface area contributed by atoms with E-state index in [2.05, 4.69) is 0 Å². The summed E-state index contributed by atoms with van der Waals surface area (Å²) in [5, 5.41) is 1.47. The highest BCUT2D eigenvalue weighted by Gasteiger charge is 2.34. The van der Waals surface area contributed by atoms with E-state index in [1.54, 1.807) is 20.8 Å². The molecule has 3 aromatic rings. The number of hydrogen-bond donors (Lipinski definition) is 0. The van der Waals surface area contributed by atoms with Crippen LogP contribution in [0, 0.1) is 13.8 Å². The summed E-state index contributed by atoms with van der Waals surface area (Å²) in [7, 11) is 0. The summed E-state index contributed by atoms with van der Waals surface area (Å²) in [4.78, 5) is 25.5. The van der Waals surface area contributed by atoms with Gasteiger partial charge in [-0.3, -0.25) is 0 Å². The van der Waals surface area contributed by atoms with Crippen LogP contribution in [-0.2, 0) is 16.1 Å². The molecule has 2 aliphatic rings. The summed E-state index contributed by atoms with van der Waals surface area (Å²) >= 11 is 0. The van der Waals surface area contributed by atoms with E-state index in [0.717, 1.165) is 22.1 Å². The SMILES string of the molecule is Cc1cc2c(OC(=O)OC(C)(C)C)c3c(c(-c4ccc5c(c4)OCO5)c2cc1C)C(=O)OC3. The predicted octanol–water partition coefficient (Wildman–Crippen LogP) is 5.84. The molecule has 2 heterocycles. The van der Waals surface area contributed by atoms with Gasteiger partial charge in [0.05, 0.1) is 5.56 Å². The third-order valence-electron chi connectivity index (χ3n) is 5.76. The van der Waals surface area contributed by atoms with Crippen molar-refractivity contribution in [2.75, 3.05) is 6.79 Å². The topological polar surface area (TPSA) is 80.3 Å². The van der Waals surface area contributed by atoms with E-state index < -0.39 is 17.7 Å². The van der Waals surface area contributed by atoms with E-state index in [-0.39, 0.29) is 19.1 Å². The van der Waals surface area contributed by atoms with Gasteiger partial charge in [0.25, 0.3) is 0 Å². The maximum absolute atomic E-state index is 12.9. The summed E-state index contributed by atoms with van der Waals surface area (Å²) in [5.41, 5.74) is 3.74. The summed E-state index contributed by atoms with van der Waals surface area (Å²) in [6, 6.07) is 9.52. The van der Waals surface area contributed by atoms with Crippen LogP contribution in [0.2, 0.25) is 0 Å². The second kappa shape index (κ2) is 7.40. The number of esters is 1. The van der Waals surface area contributed by atoms with Crippen LogP contribution in [-0.4, -0.2) is 24.5 Å². The molecular formula is C26H24O7. The van der Waals surface area contributed by atoms with Crippen LogP contribution in [0.4, 0.5) is 4.79 Å². The number of cyclic esters (lactones) is 1. The Labute approximate surface area is 191 Å². The normalized spacial score (nSPS) is 14.3. The van der Waals surface area contributed by atoms with Crippen LogP contribution >= 0.6 is 0 Å². The van der Waals surface area contributed by atoms with E-state index in [1.807, 2.05) is 44.2 Å². The summed E-state index contributed by atoms with van der Waals surface area (Å²) in [5.74, 6) is 1.08. The van der Waals surface area contributed by atoms with Gasteiger partial charge in [-0.1, -0.05) is 12.1 Å². The number of rotatable bonds is 2. The molecule has 0 N–H and O–H groups in total. The van der Waals surface area contributed by atoms with Crippen LogP contribution in [0.25, 0.3) is 21.9 Å². The van der Waals surface area contributed by atoms with Gasteiger partial charge in [-0.05, 0) is 74.9 Å². The second-order valence-electron chi connectivity index (χ2n) is 9.25. The fourth-order valence-electron chi connectivity index (χ4n) is 4.17. The van der Waals surface area contributed by atoms with Crippen molar-refractivity contribution < 1.29 is 33.3 Å². The van der Waals surface area contributed by atoms with Gasteiger partial charge in [-0.25, -0.2) is 9.59 Å². The van der Waals surface area contributed by atoms with Crippen molar-refractivity contribution in [1.29, 1.82) is 0 Å². The first kappa shape index (κ1) is 21.1. The van der Waals surface area contributed by atoms with Crippen molar-refractivity contribution >= 4 is 22.9 Å². The van der Waals surface area contributed by atoms with E-state index in [0.29, 0.717) is 33.6 Å². The quantitative estimate of drug-likeness (QED) is 0.360. The monoisotopic (exact) mass is 448 g/mol. The number of fused-ring (bicyclic) bond motifs is 3. The fourth-order valence-corrected chi connectivity index (χ4v) is 4.17. The van der Waals surface area contributed by atoms with Gasteiger partial charge in [0.15, 0.2) is 11.5 Å². The molecule has 0 aliphatic carbocycles. The first-order valence-electron chi connectivity index (χ1n) is 10.7. The highest BCUT2D eigenvalue weighted by molar-refractivity contribution is 6.14. The molecule has 170 valence electrons. The number of benzene rings is 3. The molecular weight excluding hydrogens is 424 g/mol.